The van der Waals surface area contributed by atoms with Gasteiger partial charge in [-0.05, 0) is 40.9 Å². The van der Waals surface area contributed by atoms with Crippen molar-refractivity contribution in [2.75, 3.05) is 18.5 Å². The van der Waals surface area contributed by atoms with Crippen molar-refractivity contribution >= 4 is 21.6 Å². The van der Waals surface area contributed by atoms with Gasteiger partial charge in [0.05, 0.1) is 0 Å². The highest BCUT2D eigenvalue weighted by Crippen LogP contribution is 2.17. The molecule has 0 aromatic carbocycles. The lowest BCUT2D eigenvalue weighted by molar-refractivity contribution is 0.0904. The van der Waals surface area contributed by atoms with E-state index < -0.39 is 0 Å². The number of pyridine rings is 1. The van der Waals surface area contributed by atoms with Crippen LogP contribution in [0.15, 0.2) is 22.9 Å². The number of nitrogens with one attached hydrogen (secondary N) is 1. The van der Waals surface area contributed by atoms with Crippen LogP contribution in [-0.2, 0) is 4.74 Å². The summed E-state index contributed by atoms with van der Waals surface area (Å²) in [5.74, 6) is 0. The van der Waals surface area contributed by atoms with E-state index in [0.29, 0.717) is 6.04 Å². The van der Waals surface area contributed by atoms with Gasteiger partial charge in [0.2, 0.25) is 0 Å². The molecule has 0 saturated carbocycles. The topological polar surface area (TPSA) is 34.1 Å². The van der Waals surface area contributed by atoms with Gasteiger partial charge in [0.1, 0.15) is 4.60 Å². The number of rotatable bonds is 2. The third-order valence-electron chi connectivity index (χ3n) is 2.32. The van der Waals surface area contributed by atoms with E-state index in [1.54, 1.807) is 6.20 Å². The second kappa shape index (κ2) is 4.75. The molecule has 1 aromatic heterocycles. The summed E-state index contributed by atoms with van der Waals surface area (Å²) in [5, 5.41) is 3.47. The molecule has 1 aromatic rings. The fraction of sp³-hybridized carbons (Fsp3) is 0.500. The van der Waals surface area contributed by atoms with E-state index in [4.69, 9.17) is 4.74 Å². The number of anilines is 1. The Kier molecular flexibility index (Phi) is 3.37. The van der Waals surface area contributed by atoms with Gasteiger partial charge < -0.3 is 10.1 Å². The summed E-state index contributed by atoms with van der Waals surface area (Å²) >= 11 is 3.35. The Hall–Kier alpha value is -0.610. The summed E-state index contributed by atoms with van der Waals surface area (Å²) in [6, 6.07) is 4.52. The SMILES string of the molecule is Brc1cc(NC2CCOCC2)ccn1. The zero-order valence-electron chi connectivity index (χ0n) is 7.87. The Bertz CT molecular complexity index is 300. The van der Waals surface area contributed by atoms with Crippen molar-refractivity contribution in [3.63, 3.8) is 0 Å². The summed E-state index contributed by atoms with van der Waals surface area (Å²) in [5.41, 5.74) is 1.12. The van der Waals surface area contributed by atoms with Crippen molar-refractivity contribution in [3.8, 4) is 0 Å². The summed E-state index contributed by atoms with van der Waals surface area (Å²) < 4.78 is 6.17. The molecule has 0 unspecified atom stereocenters. The first-order chi connectivity index (χ1) is 6.84. The fourth-order valence-corrected chi connectivity index (χ4v) is 1.93. The minimum Gasteiger partial charge on any atom is -0.382 e. The second-order valence-electron chi connectivity index (χ2n) is 3.40. The largest absolute Gasteiger partial charge is 0.382 e. The molecule has 1 aliphatic heterocycles. The minimum atomic E-state index is 0.540. The highest BCUT2D eigenvalue weighted by Gasteiger charge is 2.12. The van der Waals surface area contributed by atoms with Gasteiger partial charge in [-0.1, -0.05) is 0 Å². The lowest BCUT2D eigenvalue weighted by Gasteiger charge is -2.24. The molecule has 1 aliphatic rings. The van der Waals surface area contributed by atoms with E-state index in [-0.39, 0.29) is 0 Å². The van der Waals surface area contributed by atoms with E-state index >= 15 is 0 Å². The lowest BCUT2D eigenvalue weighted by Crippen LogP contribution is -2.27. The highest BCUT2D eigenvalue weighted by atomic mass is 79.9. The van der Waals surface area contributed by atoms with Gasteiger partial charge in [-0.3, -0.25) is 0 Å². The maximum Gasteiger partial charge on any atom is 0.108 e. The predicted octanol–water partition coefficient (Wildman–Crippen LogP) is 2.44. The van der Waals surface area contributed by atoms with Gasteiger partial charge in [-0.2, -0.15) is 0 Å². The quantitative estimate of drug-likeness (QED) is 0.826. The van der Waals surface area contributed by atoms with Gasteiger partial charge in [-0.15, -0.1) is 0 Å². The number of hydrogen-bond acceptors (Lipinski definition) is 3. The average molecular weight is 257 g/mol. The van der Waals surface area contributed by atoms with Gasteiger partial charge in [0.15, 0.2) is 0 Å². The van der Waals surface area contributed by atoms with Gasteiger partial charge in [-0.25, -0.2) is 4.98 Å². The van der Waals surface area contributed by atoms with Crippen molar-refractivity contribution in [1.29, 1.82) is 0 Å². The van der Waals surface area contributed by atoms with Crippen molar-refractivity contribution < 1.29 is 4.74 Å². The molecule has 0 spiro atoms. The van der Waals surface area contributed by atoms with Gasteiger partial charge in [0, 0.05) is 31.1 Å². The number of halogens is 1. The molecular formula is C10H13BrN2O. The van der Waals surface area contributed by atoms with Gasteiger partial charge >= 0.3 is 0 Å². The van der Waals surface area contributed by atoms with Gasteiger partial charge in [0.25, 0.3) is 0 Å². The number of aromatic nitrogens is 1. The molecule has 0 radical (unpaired) electrons. The molecule has 4 heteroatoms. The van der Waals surface area contributed by atoms with Crippen molar-refractivity contribution in [1.82, 2.24) is 4.98 Å². The first-order valence-corrected chi connectivity index (χ1v) is 5.60. The number of ether oxygens (including phenoxy) is 1. The second-order valence-corrected chi connectivity index (χ2v) is 4.21. The van der Waals surface area contributed by atoms with Crippen LogP contribution in [0, 0.1) is 0 Å². The van der Waals surface area contributed by atoms with Crippen molar-refractivity contribution in [2.24, 2.45) is 0 Å². The molecule has 76 valence electrons. The van der Waals surface area contributed by atoms with Crippen LogP contribution in [-0.4, -0.2) is 24.2 Å². The van der Waals surface area contributed by atoms with Crippen LogP contribution in [0.1, 0.15) is 12.8 Å². The first kappa shape index (κ1) is 9.93. The molecule has 1 N–H and O–H groups in total. The van der Waals surface area contributed by atoms with E-state index in [2.05, 4.69) is 26.2 Å². The zero-order chi connectivity index (χ0) is 9.80. The molecule has 1 fully saturated rings. The molecule has 0 bridgehead atoms. The molecule has 0 aliphatic carbocycles. The molecule has 2 rings (SSSR count). The summed E-state index contributed by atoms with van der Waals surface area (Å²) in [6.07, 6.45) is 3.96. The molecule has 0 atom stereocenters. The Balaban J connectivity index is 1.95. The van der Waals surface area contributed by atoms with Crippen LogP contribution in [0.3, 0.4) is 0 Å². The monoisotopic (exact) mass is 256 g/mol. The average Bonchev–Trinajstić information content (AvgIpc) is 2.19. The molecule has 14 heavy (non-hydrogen) atoms. The third kappa shape index (κ3) is 2.69. The molecule has 0 amide bonds. The third-order valence-corrected chi connectivity index (χ3v) is 2.75. The van der Waals surface area contributed by atoms with Crippen molar-refractivity contribution in [2.45, 2.75) is 18.9 Å². The fourth-order valence-electron chi connectivity index (χ4n) is 1.57. The summed E-state index contributed by atoms with van der Waals surface area (Å²) in [6.45, 7) is 1.73. The van der Waals surface area contributed by atoms with Crippen LogP contribution in [0.5, 0.6) is 0 Å². The predicted molar refractivity (Wildman–Crippen MR) is 59.4 cm³/mol. The highest BCUT2D eigenvalue weighted by molar-refractivity contribution is 9.10. The Morgan fingerprint density at radius 2 is 2.21 bits per heavy atom. The Morgan fingerprint density at radius 1 is 1.43 bits per heavy atom. The molecular weight excluding hydrogens is 244 g/mol. The number of nitrogens with zero attached hydrogens (tertiary/aromatic N) is 1. The smallest absolute Gasteiger partial charge is 0.108 e. The normalized spacial score (nSPS) is 18.1. The van der Waals surface area contributed by atoms with Crippen LogP contribution >= 0.6 is 15.9 Å². The molecule has 3 nitrogen and oxygen atoms in total. The van der Waals surface area contributed by atoms with E-state index in [1.807, 2.05) is 12.1 Å². The maximum atomic E-state index is 5.30. The van der Waals surface area contributed by atoms with Crippen LogP contribution < -0.4 is 5.32 Å². The molecule has 1 saturated heterocycles. The van der Waals surface area contributed by atoms with E-state index in [9.17, 15) is 0 Å². The first-order valence-electron chi connectivity index (χ1n) is 4.80. The standard InChI is InChI=1S/C10H13BrN2O/c11-10-7-9(1-4-12-10)13-8-2-5-14-6-3-8/h1,4,7-8H,2-3,5-6H2,(H,12,13). The number of hydrogen-bond donors (Lipinski definition) is 1. The summed E-state index contributed by atoms with van der Waals surface area (Å²) in [7, 11) is 0. The Morgan fingerprint density at radius 3 is 2.93 bits per heavy atom. The lowest BCUT2D eigenvalue weighted by atomic mass is 10.1. The van der Waals surface area contributed by atoms with E-state index in [0.717, 1.165) is 36.3 Å². The zero-order valence-corrected chi connectivity index (χ0v) is 9.46. The molecule has 2 heterocycles. The Labute approximate surface area is 92.0 Å². The van der Waals surface area contributed by atoms with Crippen LogP contribution in [0.25, 0.3) is 0 Å². The van der Waals surface area contributed by atoms with Crippen molar-refractivity contribution in [3.05, 3.63) is 22.9 Å². The summed E-state index contributed by atoms with van der Waals surface area (Å²) in [4.78, 5) is 4.08. The maximum absolute atomic E-state index is 5.30. The van der Waals surface area contributed by atoms with Crippen LogP contribution in [0.4, 0.5) is 5.69 Å². The van der Waals surface area contributed by atoms with E-state index in [1.165, 1.54) is 0 Å². The van der Waals surface area contributed by atoms with Crippen LogP contribution in [0.2, 0.25) is 0 Å². The minimum absolute atomic E-state index is 0.540.